The summed E-state index contributed by atoms with van der Waals surface area (Å²) in [5, 5.41) is 15.1. The molecule has 2 saturated carbocycles. The van der Waals surface area contributed by atoms with Crippen LogP contribution in [0.5, 0.6) is 0 Å². The van der Waals surface area contributed by atoms with Gasteiger partial charge in [-0.1, -0.05) is 61.4 Å². The van der Waals surface area contributed by atoms with Crippen LogP contribution >= 0.6 is 0 Å². The standard InChI is InChI=1S/C28H32N2O5/c31-25(32)15-18-7-1-6-12-24(18)30-26(33)28(13-14-28)17-29-27(34)35-16-23-21-10-4-2-8-19(21)20-9-3-5-11-22(20)23/h2-5,8-11,18,23-24H,1,6-7,12-17H2,(H,29,34)(H,30,33)(H,31,32)/t18-,24-/m1/s1. The molecule has 3 aliphatic carbocycles. The Morgan fingerprint density at radius 2 is 1.57 bits per heavy atom. The van der Waals surface area contributed by atoms with Crippen molar-refractivity contribution < 1.29 is 24.2 Å². The Morgan fingerprint density at radius 3 is 2.20 bits per heavy atom. The lowest BCUT2D eigenvalue weighted by Crippen LogP contribution is -2.48. The van der Waals surface area contributed by atoms with E-state index in [-0.39, 0.29) is 43.4 Å². The number of rotatable bonds is 8. The van der Waals surface area contributed by atoms with Crippen molar-refractivity contribution in [3.8, 4) is 11.1 Å². The van der Waals surface area contributed by atoms with Crippen molar-refractivity contribution >= 4 is 18.0 Å². The van der Waals surface area contributed by atoms with Gasteiger partial charge in [0.25, 0.3) is 0 Å². The summed E-state index contributed by atoms with van der Waals surface area (Å²) >= 11 is 0. The van der Waals surface area contributed by atoms with Crippen molar-refractivity contribution in [1.82, 2.24) is 10.6 Å². The number of alkyl carbamates (subject to hydrolysis) is 1. The van der Waals surface area contributed by atoms with Crippen LogP contribution in [0.25, 0.3) is 11.1 Å². The van der Waals surface area contributed by atoms with Crippen LogP contribution in [0.3, 0.4) is 0 Å². The fraction of sp³-hybridized carbons (Fsp3) is 0.464. The summed E-state index contributed by atoms with van der Waals surface area (Å²) in [6, 6.07) is 16.3. The van der Waals surface area contributed by atoms with Gasteiger partial charge in [-0.05, 0) is 53.9 Å². The van der Waals surface area contributed by atoms with Gasteiger partial charge in [-0.3, -0.25) is 9.59 Å². The first-order valence-corrected chi connectivity index (χ1v) is 12.6. The molecule has 0 aromatic heterocycles. The normalized spacial score (nSPS) is 21.9. The topological polar surface area (TPSA) is 105 Å². The minimum Gasteiger partial charge on any atom is -0.481 e. The highest BCUT2D eigenvalue weighted by atomic mass is 16.5. The number of carbonyl (C=O) groups is 3. The Labute approximate surface area is 205 Å². The summed E-state index contributed by atoms with van der Waals surface area (Å²) in [4.78, 5) is 36.8. The second-order valence-electron chi connectivity index (χ2n) is 10.2. The molecule has 2 aromatic rings. The molecule has 2 fully saturated rings. The van der Waals surface area contributed by atoms with Gasteiger partial charge >= 0.3 is 12.1 Å². The number of hydrogen-bond donors (Lipinski definition) is 3. The first-order chi connectivity index (χ1) is 17.0. The molecule has 2 aromatic carbocycles. The van der Waals surface area contributed by atoms with E-state index < -0.39 is 17.5 Å². The second kappa shape index (κ2) is 9.72. The summed E-state index contributed by atoms with van der Waals surface area (Å²) in [6.45, 7) is 0.462. The monoisotopic (exact) mass is 476 g/mol. The average Bonchev–Trinajstić information content (AvgIpc) is 3.59. The first kappa shape index (κ1) is 23.4. The quantitative estimate of drug-likeness (QED) is 0.522. The van der Waals surface area contributed by atoms with Crippen LogP contribution in [-0.4, -0.2) is 42.3 Å². The van der Waals surface area contributed by atoms with E-state index in [1.54, 1.807) is 0 Å². The molecule has 184 valence electrons. The zero-order valence-electron chi connectivity index (χ0n) is 19.8. The minimum absolute atomic E-state index is 0.0104. The molecule has 0 unspecified atom stereocenters. The predicted molar refractivity (Wildman–Crippen MR) is 131 cm³/mol. The average molecular weight is 477 g/mol. The molecule has 3 N–H and O–H groups in total. The van der Waals surface area contributed by atoms with E-state index in [4.69, 9.17) is 4.74 Å². The maximum Gasteiger partial charge on any atom is 0.407 e. The van der Waals surface area contributed by atoms with Crippen molar-refractivity contribution in [3.05, 3.63) is 59.7 Å². The molecule has 0 heterocycles. The van der Waals surface area contributed by atoms with E-state index in [2.05, 4.69) is 34.9 Å². The van der Waals surface area contributed by atoms with E-state index in [1.807, 2.05) is 24.3 Å². The minimum atomic E-state index is -0.825. The highest BCUT2D eigenvalue weighted by Gasteiger charge is 2.51. The molecular weight excluding hydrogens is 444 g/mol. The fourth-order valence-electron chi connectivity index (χ4n) is 5.71. The summed E-state index contributed by atoms with van der Waals surface area (Å²) in [5.74, 6) is -0.951. The molecule has 7 nitrogen and oxygen atoms in total. The van der Waals surface area contributed by atoms with Gasteiger partial charge in [-0.2, -0.15) is 0 Å². The van der Waals surface area contributed by atoms with Crippen LogP contribution < -0.4 is 10.6 Å². The third-order valence-electron chi connectivity index (χ3n) is 7.91. The van der Waals surface area contributed by atoms with Crippen molar-refractivity contribution in [2.75, 3.05) is 13.2 Å². The number of carboxylic acid groups (broad SMARTS) is 1. The van der Waals surface area contributed by atoms with E-state index >= 15 is 0 Å². The Morgan fingerprint density at radius 1 is 0.943 bits per heavy atom. The fourth-order valence-corrected chi connectivity index (χ4v) is 5.71. The number of fused-ring (bicyclic) bond motifs is 3. The molecule has 0 aliphatic heterocycles. The lowest BCUT2D eigenvalue weighted by Gasteiger charge is -2.32. The summed E-state index contributed by atoms with van der Waals surface area (Å²) in [7, 11) is 0. The molecule has 3 aliphatic rings. The highest BCUT2D eigenvalue weighted by molar-refractivity contribution is 5.86. The van der Waals surface area contributed by atoms with Crippen molar-refractivity contribution in [2.24, 2.45) is 11.3 Å². The Bertz CT molecular complexity index is 1080. The number of benzene rings is 2. The van der Waals surface area contributed by atoms with Crippen molar-refractivity contribution in [3.63, 3.8) is 0 Å². The Balaban J connectivity index is 1.15. The molecule has 2 amide bonds. The van der Waals surface area contributed by atoms with E-state index in [1.165, 1.54) is 11.1 Å². The highest BCUT2D eigenvalue weighted by Crippen LogP contribution is 2.46. The van der Waals surface area contributed by atoms with Crippen LogP contribution in [0, 0.1) is 11.3 Å². The zero-order chi connectivity index (χ0) is 24.4. The lowest BCUT2D eigenvalue weighted by atomic mass is 9.82. The summed E-state index contributed by atoms with van der Waals surface area (Å²) < 4.78 is 5.61. The third kappa shape index (κ3) is 4.90. The molecular formula is C28H32N2O5. The molecule has 7 heteroatoms. The molecule has 5 rings (SSSR count). The molecule has 2 atom stereocenters. The number of amides is 2. The van der Waals surface area contributed by atoms with Crippen molar-refractivity contribution in [1.29, 1.82) is 0 Å². The number of carbonyl (C=O) groups excluding carboxylic acids is 2. The van der Waals surface area contributed by atoms with Gasteiger partial charge in [-0.15, -0.1) is 0 Å². The largest absolute Gasteiger partial charge is 0.481 e. The molecule has 0 saturated heterocycles. The molecule has 0 bridgehead atoms. The van der Waals surface area contributed by atoms with Gasteiger partial charge in [0.2, 0.25) is 5.91 Å². The van der Waals surface area contributed by atoms with Crippen LogP contribution in [0.2, 0.25) is 0 Å². The van der Waals surface area contributed by atoms with Crippen LogP contribution in [0.4, 0.5) is 4.79 Å². The van der Waals surface area contributed by atoms with E-state index in [0.717, 1.165) is 36.8 Å². The van der Waals surface area contributed by atoms with Crippen molar-refractivity contribution in [2.45, 2.75) is 56.9 Å². The molecule has 35 heavy (non-hydrogen) atoms. The number of aliphatic carboxylic acids is 1. The van der Waals surface area contributed by atoms with Crippen LogP contribution in [0.15, 0.2) is 48.5 Å². The number of nitrogens with one attached hydrogen (secondary N) is 2. The summed E-state index contributed by atoms with van der Waals surface area (Å²) in [5.41, 5.74) is 4.05. The summed E-state index contributed by atoms with van der Waals surface area (Å²) in [6.07, 6.45) is 4.59. The van der Waals surface area contributed by atoms with Gasteiger partial charge in [0.05, 0.1) is 11.8 Å². The Kier molecular flexibility index (Phi) is 6.50. The van der Waals surface area contributed by atoms with Gasteiger partial charge in [0.1, 0.15) is 6.61 Å². The van der Waals surface area contributed by atoms with Crippen LogP contribution in [-0.2, 0) is 14.3 Å². The molecule has 0 radical (unpaired) electrons. The van der Waals surface area contributed by atoms with Gasteiger partial charge in [-0.25, -0.2) is 4.79 Å². The zero-order valence-corrected chi connectivity index (χ0v) is 19.8. The lowest BCUT2D eigenvalue weighted by molar-refractivity contribution is -0.139. The second-order valence-corrected chi connectivity index (χ2v) is 10.2. The van der Waals surface area contributed by atoms with E-state index in [9.17, 15) is 19.5 Å². The van der Waals surface area contributed by atoms with Gasteiger partial charge in [0, 0.05) is 18.5 Å². The SMILES string of the molecule is O=C(O)C[C@H]1CCCC[C@H]1NC(=O)C1(CNC(=O)OCC2c3ccccc3-c3ccccc32)CC1. The first-order valence-electron chi connectivity index (χ1n) is 12.6. The number of hydrogen-bond acceptors (Lipinski definition) is 4. The Hall–Kier alpha value is -3.35. The predicted octanol–water partition coefficient (Wildman–Crippen LogP) is 4.46. The maximum absolute atomic E-state index is 13.0. The van der Waals surface area contributed by atoms with Gasteiger partial charge in [0.15, 0.2) is 0 Å². The smallest absolute Gasteiger partial charge is 0.407 e. The third-order valence-corrected chi connectivity index (χ3v) is 7.91. The van der Waals surface area contributed by atoms with Gasteiger partial charge < -0.3 is 20.5 Å². The number of carboxylic acids is 1. The maximum atomic E-state index is 13.0. The van der Waals surface area contributed by atoms with E-state index in [0.29, 0.717) is 12.8 Å². The van der Waals surface area contributed by atoms with Crippen LogP contribution in [0.1, 0.15) is 62.0 Å². The molecule has 0 spiro atoms. The number of ether oxygens (including phenoxy) is 1.